The quantitative estimate of drug-likeness (QED) is 0.767. The van der Waals surface area contributed by atoms with Gasteiger partial charge in [0, 0.05) is 34.8 Å². The van der Waals surface area contributed by atoms with Crippen molar-refractivity contribution in [2.45, 2.75) is 6.92 Å². The van der Waals surface area contributed by atoms with E-state index in [1.807, 2.05) is 43.6 Å². The zero-order chi connectivity index (χ0) is 11.8. The van der Waals surface area contributed by atoms with Gasteiger partial charge in [-0.05, 0) is 37.3 Å². The zero-order valence-corrected chi connectivity index (χ0v) is 9.44. The normalized spacial score (nSPS) is 15.5. The fourth-order valence-corrected chi connectivity index (χ4v) is 2.07. The van der Waals surface area contributed by atoms with E-state index in [1.165, 1.54) is 0 Å². The third kappa shape index (κ3) is 1.56. The number of allylic oxidation sites excluding steroid dienone is 1. The first-order valence-corrected chi connectivity index (χ1v) is 5.48. The number of H-pyrrole nitrogens is 1. The second kappa shape index (κ2) is 3.63. The minimum Gasteiger partial charge on any atom is -0.508 e. The standard InChI is InChI=1S/C14H12N2O/c1-9-13(17)5-4-12-14(9)10(8-16-12)7-11-3-2-6-15-11/h2-8,15,17H,1H3. The van der Waals surface area contributed by atoms with Crippen molar-refractivity contribution >= 4 is 23.6 Å². The topological polar surface area (TPSA) is 48.4 Å². The number of phenolic OH excluding ortho intramolecular Hbond substituents is 1. The van der Waals surface area contributed by atoms with Crippen LogP contribution in [-0.4, -0.2) is 16.3 Å². The van der Waals surface area contributed by atoms with Gasteiger partial charge in [0.15, 0.2) is 0 Å². The van der Waals surface area contributed by atoms with Crippen LogP contribution in [0.3, 0.4) is 0 Å². The highest BCUT2D eigenvalue weighted by Gasteiger charge is 2.16. The number of aromatic amines is 1. The summed E-state index contributed by atoms with van der Waals surface area (Å²) in [5.41, 5.74) is 4.86. The van der Waals surface area contributed by atoms with Gasteiger partial charge >= 0.3 is 0 Å². The van der Waals surface area contributed by atoms with E-state index in [0.29, 0.717) is 5.75 Å². The molecule has 0 saturated heterocycles. The molecule has 1 aliphatic heterocycles. The van der Waals surface area contributed by atoms with E-state index in [-0.39, 0.29) is 0 Å². The molecule has 0 radical (unpaired) electrons. The lowest BCUT2D eigenvalue weighted by molar-refractivity contribution is 0.471. The lowest BCUT2D eigenvalue weighted by Gasteiger charge is -2.06. The number of benzene rings is 1. The predicted octanol–water partition coefficient (Wildman–Crippen LogP) is 3.29. The summed E-state index contributed by atoms with van der Waals surface area (Å²) in [5, 5.41) is 9.74. The molecule has 2 aromatic rings. The van der Waals surface area contributed by atoms with Crippen LogP contribution in [0.5, 0.6) is 5.75 Å². The SMILES string of the molecule is Cc1c(O)ccc2c1C(=Cc1ccc[nH]1)C=N2. The summed E-state index contributed by atoms with van der Waals surface area (Å²) < 4.78 is 0. The highest BCUT2D eigenvalue weighted by atomic mass is 16.3. The second-order valence-electron chi connectivity index (χ2n) is 4.09. The number of nitrogens with one attached hydrogen (secondary N) is 1. The predicted molar refractivity (Wildman–Crippen MR) is 69.7 cm³/mol. The van der Waals surface area contributed by atoms with Gasteiger partial charge in [-0.15, -0.1) is 0 Å². The van der Waals surface area contributed by atoms with Crippen molar-refractivity contribution in [2.24, 2.45) is 4.99 Å². The molecule has 0 amide bonds. The van der Waals surface area contributed by atoms with Gasteiger partial charge in [-0.2, -0.15) is 0 Å². The molecule has 0 spiro atoms. The molecule has 17 heavy (non-hydrogen) atoms. The largest absolute Gasteiger partial charge is 0.508 e. The zero-order valence-electron chi connectivity index (χ0n) is 9.44. The molecule has 1 aliphatic rings. The molecule has 0 unspecified atom stereocenters. The molecule has 2 heterocycles. The van der Waals surface area contributed by atoms with Crippen molar-refractivity contribution in [1.29, 1.82) is 0 Å². The molecule has 3 heteroatoms. The molecule has 0 atom stereocenters. The van der Waals surface area contributed by atoms with E-state index in [4.69, 9.17) is 0 Å². The van der Waals surface area contributed by atoms with Gasteiger partial charge < -0.3 is 10.1 Å². The number of hydrogen-bond acceptors (Lipinski definition) is 2. The Kier molecular flexibility index (Phi) is 2.11. The molecule has 2 N–H and O–H groups in total. The van der Waals surface area contributed by atoms with Crippen LogP contribution in [-0.2, 0) is 0 Å². The van der Waals surface area contributed by atoms with E-state index < -0.39 is 0 Å². The van der Waals surface area contributed by atoms with Gasteiger partial charge in [-0.1, -0.05) is 0 Å². The molecule has 3 nitrogen and oxygen atoms in total. The molecule has 84 valence electrons. The second-order valence-corrected chi connectivity index (χ2v) is 4.09. The Morgan fingerprint density at radius 2 is 2.18 bits per heavy atom. The Hall–Kier alpha value is -2.29. The van der Waals surface area contributed by atoms with Crippen LogP contribution in [0.1, 0.15) is 16.8 Å². The maximum absolute atomic E-state index is 9.74. The summed E-state index contributed by atoms with van der Waals surface area (Å²) >= 11 is 0. The third-order valence-electron chi connectivity index (χ3n) is 2.98. The van der Waals surface area contributed by atoms with Gasteiger partial charge in [0.05, 0.1) is 5.69 Å². The molecule has 0 saturated carbocycles. The van der Waals surface area contributed by atoms with Crippen LogP contribution >= 0.6 is 0 Å². The summed E-state index contributed by atoms with van der Waals surface area (Å²) in [6.07, 6.45) is 5.74. The average Bonchev–Trinajstić information content (AvgIpc) is 2.94. The summed E-state index contributed by atoms with van der Waals surface area (Å²) in [4.78, 5) is 7.47. The molecule has 1 aromatic heterocycles. The summed E-state index contributed by atoms with van der Waals surface area (Å²) in [5.74, 6) is 0.312. The number of rotatable bonds is 1. The lowest BCUT2D eigenvalue weighted by atomic mass is 10.00. The maximum atomic E-state index is 9.74. The van der Waals surface area contributed by atoms with E-state index >= 15 is 0 Å². The Labute approximate surface area is 99.2 Å². The highest BCUT2D eigenvalue weighted by molar-refractivity contribution is 6.21. The first-order chi connectivity index (χ1) is 8.25. The fraction of sp³-hybridized carbons (Fsp3) is 0.0714. The minimum atomic E-state index is 0.312. The summed E-state index contributed by atoms with van der Waals surface area (Å²) in [6, 6.07) is 7.47. The monoisotopic (exact) mass is 224 g/mol. The molecular formula is C14H12N2O. The number of aliphatic imine (C=N–C) groups is 1. The smallest absolute Gasteiger partial charge is 0.119 e. The van der Waals surface area contributed by atoms with Crippen LogP contribution in [0.25, 0.3) is 11.6 Å². The first-order valence-electron chi connectivity index (χ1n) is 5.48. The van der Waals surface area contributed by atoms with Gasteiger partial charge in [-0.25, -0.2) is 0 Å². The number of fused-ring (bicyclic) bond motifs is 1. The number of aromatic nitrogens is 1. The fourth-order valence-electron chi connectivity index (χ4n) is 2.07. The summed E-state index contributed by atoms with van der Waals surface area (Å²) in [7, 11) is 0. The number of hydrogen-bond donors (Lipinski definition) is 2. The third-order valence-corrected chi connectivity index (χ3v) is 2.98. The van der Waals surface area contributed by atoms with E-state index in [9.17, 15) is 5.11 Å². The molecule has 3 rings (SSSR count). The molecule has 0 bridgehead atoms. The number of aromatic hydroxyl groups is 1. The Morgan fingerprint density at radius 3 is 2.94 bits per heavy atom. The molecular weight excluding hydrogens is 212 g/mol. The molecule has 0 fully saturated rings. The Bertz CT molecular complexity index is 622. The Balaban J connectivity index is 2.15. The van der Waals surface area contributed by atoms with Gasteiger partial charge in [0.25, 0.3) is 0 Å². The van der Waals surface area contributed by atoms with Crippen molar-refractivity contribution in [1.82, 2.24) is 4.98 Å². The van der Waals surface area contributed by atoms with Crippen LogP contribution in [0.2, 0.25) is 0 Å². The highest BCUT2D eigenvalue weighted by Crippen LogP contribution is 2.38. The minimum absolute atomic E-state index is 0.312. The van der Waals surface area contributed by atoms with E-state index in [0.717, 1.165) is 28.1 Å². The molecule has 1 aromatic carbocycles. The van der Waals surface area contributed by atoms with Gasteiger partial charge in [0.1, 0.15) is 5.75 Å². The van der Waals surface area contributed by atoms with E-state index in [2.05, 4.69) is 9.98 Å². The lowest BCUT2D eigenvalue weighted by Crippen LogP contribution is -1.86. The molecule has 0 aliphatic carbocycles. The van der Waals surface area contributed by atoms with Crippen molar-refractivity contribution in [3.05, 3.63) is 47.3 Å². The van der Waals surface area contributed by atoms with Crippen LogP contribution < -0.4 is 0 Å². The maximum Gasteiger partial charge on any atom is 0.119 e. The van der Waals surface area contributed by atoms with Crippen molar-refractivity contribution in [3.63, 3.8) is 0 Å². The van der Waals surface area contributed by atoms with E-state index in [1.54, 1.807) is 6.07 Å². The average molecular weight is 224 g/mol. The van der Waals surface area contributed by atoms with Crippen LogP contribution in [0.15, 0.2) is 35.5 Å². The van der Waals surface area contributed by atoms with Crippen molar-refractivity contribution in [3.8, 4) is 5.75 Å². The van der Waals surface area contributed by atoms with Crippen LogP contribution in [0, 0.1) is 6.92 Å². The summed E-state index contributed by atoms with van der Waals surface area (Å²) in [6.45, 7) is 1.91. The Morgan fingerprint density at radius 1 is 1.29 bits per heavy atom. The van der Waals surface area contributed by atoms with Crippen molar-refractivity contribution < 1.29 is 5.11 Å². The van der Waals surface area contributed by atoms with Gasteiger partial charge in [0.2, 0.25) is 0 Å². The van der Waals surface area contributed by atoms with Crippen LogP contribution in [0.4, 0.5) is 5.69 Å². The first kappa shape index (κ1) is 9.90. The number of phenols is 1. The van der Waals surface area contributed by atoms with Crippen molar-refractivity contribution in [2.75, 3.05) is 0 Å². The van der Waals surface area contributed by atoms with Gasteiger partial charge in [-0.3, -0.25) is 4.99 Å². The number of nitrogens with zero attached hydrogens (tertiary/aromatic N) is 1.